The summed E-state index contributed by atoms with van der Waals surface area (Å²) in [5.74, 6) is -0.883. The molecule has 0 saturated heterocycles. The van der Waals surface area contributed by atoms with Crippen LogP contribution in [0.15, 0.2) is 24.3 Å². The standard InChI is InChI=1S/C19H19ClF3N5O/c1-10-7-16(19(22)23)26-27(10)9-17(29)24-18-11(2)25-28(12(18)3)8-13-14(20)5-4-6-15(13)21/h4-7,19H,8-9H2,1-3H3,(H,24,29). The smallest absolute Gasteiger partial charge is 0.282 e. The molecule has 1 N–H and O–H groups in total. The Morgan fingerprint density at radius 2 is 1.93 bits per heavy atom. The van der Waals surface area contributed by atoms with Crippen molar-refractivity contribution in [3.63, 3.8) is 0 Å². The second-order valence-corrected chi connectivity index (χ2v) is 7.03. The van der Waals surface area contributed by atoms with Crippen LogP contribution in [-0.4, -0.2) is 25.5 Å². The van der Waals surface area contributed by atoms with Gasteiger partial charge in [-0.1, -0.05) is 17.7 Å². The van der Waals surface area contributed by atoms with Crippen LogP contribution in [0.4, 0.5) is 18.9 Å². The van der Waals surface area contributed by atoms with E-state index in [1.807, 2.05) is 0 Å². The third-order valence-electron chi connectivity index (χ3n) is 4.53. The summed E-state index contributed by atoms with van der Waals surface area (Å²) in [6.45, 7) is 4.92. The maximum absolute atomic E-state index is 14.1. The number of hydrogen-bond acceptors (Lipinski definition) is 3. The molecule has 0 aliphatic heterocycles. The molecule has 10 heteroatoms. The number of nitrogens with zero attached hydrogens (tertiary/aromatic N) is 4. The number of rotatable bonds is 6. The minimum absolute atomic E-state index is 0.101. The molecule has 0 spiro atoms. The van der Waals surface area contributed by atoms with Crippen LogP contribution < -0.4 is 5.32 Å². The summed E-state index contributed by atoms with van der Waals surface area (Å²) in [6.07, 6.45) is -2.70. The van der Waals surface area contributed by atoms with Crippen molar-refractivity contribution in [1.82, 2.24) is 19.6 Å². The van der Waals surface area contributed by atoms with Gasteiger partial charge in [0.1, 0.15) is 18.1 Å². The van der Waals surface area contributed by atoms with Gasteiger partial charge in [0.05, 0.1) is 23.6 Å². The summed E-state index contributed by atoms with van der Waals surface area (Å²) in [4.78, 5) is 12.4. The number of amides is 1. The van der Waals surface area contributed by atoms with Gasteiger partial charge >= 0.3 is 0 Å². The van der Waals surface area contributed by atoms with Gasteiger partial charge in [0.25, 0.3) is 6.43 Å². The fourth-order valence-corrected chi connectivity index (χ4v) is 3.21. The quantitative estimate of drug-likeness (QED) is 0.635. The molecule has 2 aromatic heterocycles. The number of benzene rings is 1. The van der Waals surface area contributed by atoms with Gasteiger partial charge in [-0.25, -0.2) is 13.2 Å². The van der Waals surface area contributed by atoms with E-state index in [0.29, 0.717) is 28.3 Å². The van der Waals surface area contributed by atoms with E-state index in [4.69, 9.17) is 11.6 Å². The Labute approximate surface area is 170 Å². The van der Waals surface area contributed by atoms with Crippen molar-refractivity contribution in [1.29, 1.82) is 0 Å². The number of nitrogens with one attached hydrogen (secondary N) is 1. The molecule has 3 rings (SSSR count). The number of carbonyl (C=O) groups excluding carboxylic acids is 1. The van der Waals surface area contributed by atoms with Crippen LogP contribution in [0.2, 0.25) is 5.02 Å². The number of aryl methyl sites for hydroxylation is 2. The highest BCUT2D eigenvalue weighted by atomic mass is 35.5. The summed E-state index contributed by atoms with van der Waals surface area (Å²) >= 11 is 6.08. The lowest BCUT2D eigenvalue weighted by atomic mass is 10.2. The molecule has 0 atom stereocenters. The fraction of sp³-hybridized carbons (Fsp3) is 0.316. The van der Waals surface area contributed by atoms with Gasteiger partial charge in [-0.2, -0.15) is 10.2 Å². The number of anilines is 1. The summed E-state index contributed by atoms with van der Waals surface area (Å²) in [7, 11) is 0. The molecule has 3 aromatic rings. The van der Waals surface area contributed by atoms with Gasteiger partial charge in [0.15, 0.2) is 0 Å². The van der Waals surface area contributed by atoms with Crippen molar-refractivity contribution in [2.24, 2.45) is 0 Å². The largest absolute Gasteiger partial charge is 0.321 e. The van der Waals surface area contributed by atoms with E-state index in [9.17, 15) is 18.0 Å². The monoisotopic (exact) mass is 425 g/mol. The van der Waals surface area contributed by atoms with Crippen LogP contribution in [0, 0.1) is 26.6 Å². The molecule has 29 heavy (non-hydrogen) atoms. The first-order valence-electron chi connectivity index (χ1n) is 8.76. The minimum Gasteiger partial charge on any atom is -0.321 e. The SMILES string of the molecule is Cc1nn(Cc2c(F)cccc2Cl)c(C)c1NC(=O)Cn1nc(C(F)F)cc1C. The molecule has 1 aromatic carbocycles. The lowest BCUT2D eigenvalue weighted by molar-refractivity contribution is -0.117. The molecular weight excluding hydrogens is 407 g/mol. The van der Waals surface area contributed by atoms with E-state index in [1.165, 1.54) is 22.9 Å². The molecule has 0 bridgehead atoms. The maximum Gasteiger partial charge on any atom is 0.282 e. The highest BCUT2D eigenvalue weighted by Crippen LogP contribution is 2.24. The average Bonchev–Trinajstić information content (AvgIpc) is 3.13. The van der Waals surface area contributed by atoms with Gasteiger partial charge in [-0.3, -0.25) is 14.2 Å². The Bertz CT molecular complexity index is 1040. The molecular formula is C19H19ClF3N5O. The van der Waals surface area contributed by atoms with Crippen LogP contribution in [0.5, 0.6) is 0 Å². The van der Waals surface area contributed by atoms with E-state index in [-0.39, 0.29) is 23.8 Å². The number of alkyl halides is 2. The van der Waals surface area contributed by atoms with Crippen LogP contribution in [-0.2, 0) is 17.9 Å². The molecule has 6 nitrogen and oxygen atoms in total. The molecule has 0 saturated carbocycles. The zero-order valence-electron chi connectivity index (χ0n) is 16.0. The van der Waals surface area contributed by atoms with Crippen molar-refractivity contribution < 1.29 is 18.0 Å². The third kappa shape index (κ3) is 4.45. The zero-order valence-corrected chi connectivity index (χ0v) is 16.8. The molecule has 2 heterocycles. The number of halogens is 4. The van der Waals surface area contributed by atoms with Crippen molar-refractivity contribution in [2.75, 3.05) is 5.32 Å². The van der Waals surface area contributed by atoms with Crippen molar-refractivity contribution >= 4 is 23.2 Å². The van der Waals surface area contributed by atoms with E-state index < -0.39 is 18.1 Å². The molecule has 0 fully saturated rings. The Kier molecular flexibility index (Phi) is 5.97. The van der Waals surface area contributed by atoms with Crippen LogP contribution >= 0.6 is 11.6 Å². The van der Waals surface area contributed by atoms with Gasteiger partial charge in [0.2, 0.25) is 5.91 Å². The van der Waals surface area contributed by atoms with Gasteiger partial charge < -0.3 is 5.32 Å². The average molecular weight is 426 g/mol. The summed E-state index contributed by atoms with van der Waals surface area (Å²) in [5.41, 5.74) is 1.99. The third-order valence-corrected chi connectivity index (χ3v) is 4.89. The molecule has 1 amide bonds. The number of hydrogen-bond donors (Lipinski definition) is 1. The first-order chi connectivity index (χ1) is 13.7. The van der Waals surface area contributed by atoms with Crippen molar-refractivity contribution in [2.45, 2.75) is 40.3 Å². The first kappa shape index (κ1) is 20.9. The van der Waals surface area contributed by atoms with E-state index in [2.05, 4.69) is 15.5 Å². The van der Waals surface area contributed by atoms with Crippen molar-refractivity contribution in [3.05, 3.63) is 63.4 Å². The predicted molar refractivity (Wildman–Crippen MR) is 103 cm³/mol. The summed E-state index contributed by atoms with van der Waals surface area (Å²) < 4.78 is 42.4. The Hall–Kier alpha value is -2.81. The van der Waals surface area contributed by atoms with Crippen LogP contribution in [0.3, 0.4) is 0 Å². The molecule has 0 radical (unpaired) electrons. The topological polar surface area (TPSA) is 64.7 Å². The maximum atomic E-state index is 14.1. The minimum atomic E-state index is -2.70. The number of carbonyl (C=O) groups is 1. The fourth-order valence-electron chi connectivity index (χ4n) is 2.98. The molecule has 0 aliphatic carbocycles. The summed E-state index contributed by atoms with van der Waals surface area (Å²) in [6, 6.07) is 5.67. The zero-order chi connectivity index (χ0) is 21.3. The highest BCUT2D eigenvalue weighted by Gasteiger charge is 2.19. The Morgan fingerprint density at radius 3 is 2.55 bits per heavy atom. The van der Waals surface area contributed by atoms with Crippen molar-refractivity contribution in [3.8, 4) is 0 Å². The second kappa shape index (κ2) is 8.28. The Balaban J connectivity index is 1.77. The lowest BCUT2D eigenvalue weighted by Crippen LogP contribution is -2.21. The van der Waals surface area contributed by atoms with Gasteiger partial charge in [0, 0.05) is 16.3 Å². The van der Waals surface area contributed by atoms with E-state index in [0.717, 1.165) is 0 Å². The predicted octanol–water partition coefficient (Wildman–Crippen LogP) is 4.42. The lowest BCUT2D eigenvalue weighted by Gasteiger charge is -2.09. The highest BCUT2D eigenvalue weighted by molar-refractivity contribution is 6.31. The number of aromatic nitrogens is 4. The van der Waals surface area contributed by atoms with Gasteiger partial charge in [-0.15, -0.1) is 0 Å². The molecule has 0 unspecified atom stereocenters. The van der Waals surface area contributed by atoms with Crippen LogP contribution in [0.1, 0.15) is 34.8 Å². The van der Waals surface area contributed by atoms with E-state index >= 15 is 0 Å². The van der Waals surface area contributed by atoms with Crippen LogP contribution in [0.25, 0.3) is 0 Å². The Morgan fingerprint density at radius 1 is 1.21 bits per heavy atom. The second-order valence-electron chi connectivity index (χ2n) is 6.62. The molecule has 154 valence electrons. The normalized spacial score (nSPS) is 11.3. The summed E-state index contributed by atoms with van der Waals surface area (Å²) in [5, 5.41) is 11.1. The molecule has 0 aliphatic rings. The first-order valence-corrected chi connectivity index (χ1v) is 9.14. The van der Waals surface area contributed by atoms with Gasteiger partial charge in [-0.05, 0) is 39.0 Å². The van der Waals surface area contributed by atoms with E-state index in [1.54, 1.807) is 31.5 Å².